The molecule has 2 aromatic rings. The standard InChI is InChI=1S/C11H14BrN5O2S/c1-16(8-6-9-5-3-4-7-13-9)20(18,19)11-10(12)14-15-17(11)2/h3-5,7H,6,8H2,1-2H3. The number of sulfonamides is 1. The maximum absolute atomic E-state index is 12.4. The molecule has 0 aliphatic carbocycles. The average molecular weight is 360 g/mol. The minimum Gasteiger partial charge on any atom is -0.261 e. The summed E-state index contributed by atoms with van der Waals surface area (Å²) in [6.45, 7) is 0.330. The molecule has 0 radical (unpaired) electrons. The van der Waals surface area contributed by atoms with Gasteiger partial charge in [0.25, 0.3) is 10.0 Å². The van der Waals surface area contributed by atoms with E-state index in [2.05, 4.69) is 31.2 Å². The fourth-order valence-corrected chi connectivity index (χ4v) is 3.87. The van der Waals surface area contributed by atoms with Gasteiger partial charge >= 0.3 is 0 Å². The number of pyridine rings is 1. The zero-order chi connectivity index (χ0) is 14.8. The molecule has 0 fully saturated rings. The molecule has 0 saturated carbocycles. The summed E-state index contributed by atoms with van der Waals surface area (Å²) in [5.41, 5.74) is 0.844. The van der Waals surface area contributed by atoms with Gasteiger partial charge in [0.1, 0.15) is 0 Å². The van der Waals surface area contributed by atoms with E-state index in [0.29, 0.717) is 13.0 Å². The number of rotatable bonds is 5. The minimum absolute atomic E-state index is 0.0426. The molecule has 0 bridgehead atoms. The van der Waals surface area contributed by atoms with E-state index in [1.807, 2.05) is 18.2 Å². The minimum atomic E-state index is -3.63. The van der Waals surface area contributed by atoms with Crippen LogP contribution in [0.1, 0.15) is 5.69 Å². The van der Waals surface area contributed by atoms with Gasteiger partial charge in [-0.15, -0.1) is 5.10 Å². The predicted molar refractivity (Wildman–Crippen MR) is 76.5 cm³/mol. The van der Waals surface area contributed by atoms with Crippen molar-refractivity contribution < 1.29 is 8.42 Å². The van der Waals surface area contributed by atoms with E-state index >= 15 is 0 Å². The summed E-state index contributed by atoms with van der Waals surface area (Å²) in [5.74, 6) is 0. The average Bonchev–Trinajstić information content (AvgIpc) is 2.77. The number of nitrogens with zero attached hydrogens (tertiary/aromatic N) is 5. The van der Waals surface area contributed by atoms with Crippen LogP contribution >= 0.6 is 15.9 Å². The van der Waals surface area contributed by atoms with Gasteiger partial charge in [-0.2, -0.15) is 4.31 Å². The number of hydrogen-bond acceptors (Lipinski definition) is 5. The number of aromatic nitrogens is 4. The summed E-state index contributed by atoms with van der Waals surface area (Å²) in [5, 5.41) is 7.42. The Balaban J connectivity index is 2.14. The van der Waals surface area contributed by atoms with E-state index in [1.54, 1.807) is 6.20 Å². The van der Waals surface area contributed by atoms with Crippen molar-refractivity contribution in [2.75, 3.05) is 13.6 Å². The first-order valence-corrected chi connectivity index (χ1v) is 8.07. The fraction of sp³-hybridized carbons (Fsp3) is 0.364. The highest BCUT2D eigenvalue weighted by Gasteiger charge is 2.28. The molecule has 9 heteroatoms. The second-order valence-electron chi connectivity index (χ2n) is 4.21. The summed E-state index contributed by atoms with van der Waals surface area (Å²) in [4.78, 5) is 4.17. The van der Waals surface area contributed by atoms with Gasteiger partial charge in [-0.25, -0.2) is 13.1 Å². The summed E-state index contributed by atoms with van der Waals surface area (Å²) in [6, 6.07) is 5.56. The highest BCUT2D eigenvalue weighted by molar-refractivity contribution is 9.10. The number of hydrogen-bond donors (Lipinski definition) is 0. The quantitative estimate of drug-likeness (QED) is 0.789. The molecule has 0 aliphatic heterocycles. The van der Waals surface area contributed by atoms with Crippen molar-refractivity contribution in [2.24, 2.45) is 7.05 Å². The molecule has 20 heavy (non-hydrogen) atoms. The normalized spacial score (nSPS) is 12.0. The molecule has 0 N–H and O–H groups in total. The molecule has 0 aliphatic rings. The lowest BCUT2D eigenvalue weighted by atomic mass is 10.3. The second-order valence-corrected chi connectivity index (χ2v) is 6.92. The van der Waals surface area contributed by atoms with Crippen LogP contribution in [-0.2, 0) is 23.5 Å². The van der Waals surface area contributed by atoms with Gasteiger partial charge in [-0.1, -0.05) is 11.3 Å². The molecule has 0 aromatic carbocycles. The van der Waals surface area contributed by atoms with Crippen molar-refractivity contribution >= 4 is 26.0 Å². The lowest BCUT2D eigenvalue weighted by Crippen LogP contribution is -2.30. The van der Waals surface area contributed by atoms with Gasteiger partial charge in [0, 0.05) is 39.0 Å². The first-order valence-electron chi connectivity index (χ1n) is 5.84. The zero-order valence-corrected chi connectivity index (χ0v) is 13.5. The molecule has 0 spiro atoms. The van der Waals surface area contributed by atoms with Crippen LogP contribution in [0.4, 0.5) is 0 Å². The molecule has 0 amide bonds. The van der Waals surface area contributed by atoms with E-state index in [1.165, 1.54) is 23.1 Å². The molecule has 2 aromatic heterocycles. The highest BCUT2D eigenvalue weighted by Crippen LogP contribution is 2.21. The van der Waals surface area contributed by atoms with Gasteiger partial charge in [0.2, 0.25) is 5.03 Å². The molecule has 7 nitrogen and oxygen atoms in total. The lowest BCUT2D eigenvalue weighted by molar-refractivity contribution is 0.461. The van der Waals surface area contributed by atoms with Crippen molar-refractivity contribution in [2.45, 2.75) is 11.4 Å². The zero-order valence-electron chi connectivity index (χ0n) is 11.1. The Labute approximate surface area is 125 Å². The Kier molecular flexibility index (Phi) is 4.51. The van der Waals surface area contributed by atoms with Crippen LogP contribution in [0.25, 0.3) is 0 Å². The van der Waals surface area contributed by atoms with Crippen LogP contribution in [0, 0.1) is 0 Å². The van der Waals surface area contributed by atoms with Gasteiger partial charge in [0.05, 0.1) is 0 Å². The summed E-state index contributed by atoms with van der Waals surface area (Å²) < 4.78 is 27.6. The molecular formula is C11H14BrN5O2S. The maximum atomic E-state index is 12.4. The van der Waals surface area contributed by atoms with Crippen LogP contribution in [0.3, 0.4) is 0 Å². The highest BCUT2D eigenvalue weighted by atomic mass is 79.9. The predicted octanol–water partition coefficient (Wildman–Crippen LogP) is 0.836. The topological polar surface area (TPSA) is 81.0 Å². The maximum Gasteiger partial charge on any atom is 0.262 e. The van der Waals surface area contributed by atoms with Crippen LogP contribution in [0.15, 0.2) is 34.0 Å². The Hall–Kier alpha value is -1.32. The van der Waals surface area contributed by atoms with Crippen molar-refractivity contribution in [1.82, 2.24) is 24.3 Å². The third-order valence-corrected chi connectivity index (χ3v) is 5.55. The van der Waals surface area contributed by atoms with E-state index in [-0.39, 0.29) is 9.63 Å². The summed E-state index contributed by atoms with van der Waals surface area (Å²) >= 11 is 3.10. The van der Waals surface area contributed by atoms with Crippen LogP contribution in [0.5, 0.6) is 0 Å². The SMILES string of the molecule is CN(CCc1ccccn1)S(=O)(=O)c1c(Br)nnn1C. The third-order valence-electron chi connectivity index (χ3n) is 2.80. The van der Waals surface area contributed by atoms with Crippen molar-refractivity contribution in [1.29, 1.82) is 0 Å². The van der Waals surface area contributed by atoms with E-state index in [4.69, 9.17) is 0 Å². The third kappa shape index (κ3) is 3.05. The largest absolute Gasteiger partial charge is 0.262 e. The van der Waals surface area contributed by atoms with E-state index < -0.39 is 10.0 Å². The van der Waals surface area contributed by atoms with Crippen molar-refractivity contribution in [3.63, 3.8) is 0 Å². The summed E-state index contributed by atoms with van der Waals surface area (Å²) in [6.07, 6.45) is 2.23. The Morgan fingerprint density at radius 3 is 2.70 bits per heavy atom. The Morgan fingerprint density at radius 1 is 1.40 bits per heavy atom. The molecule has 0 atom stereocenters. The van der Waals surface area contributed by atoms with Crippen LogP contribution < -0.4 is 0 Å². The molecule has 2 heterocycles. The molecule has 0 saturated heterocycles. The lowest BCUT2D eigenvalue weighted by Gasteiger charge is -2.16. The second kappa shape index (κ2) is 5.98. The molecule has 0 unspecified atom stereocenters. The fourth-order valence-electron chi connectivity index (χ4n) is 1.68. The number of halogens is 1. The van der Waals surface area contributed by atoms with Gasteiger partial charge in [-0.3, -0.25) is 4.98 Å². The molecule has 108 valence electrons. The Bertz CT molecular complexity index is 667. The van der Waals surface area contributed by atoms with Gasteiger partial charge in [-0.05, 0) is 28.1 Å². The Morgan fingerprint density at radius 2 is 2.15 bits per heavy atom. The molecular weight excluding hydrogens is 346 g/mol. The first-order chi connectivity index (χ1) is 9.43. The first kappa shape index (κ1) is 15.1. The van der Waals surface area contributed by atoms with Gasteiger partial charge < -0.3 is 0 Å². The van der Waals surface area contributed by atoms with Crippen molar-refractivity contribution in [3.8, 4) is 0 Å². The van der Waals surface area contributed by atoms with E-state index in [9.17, 15) is 8.42 Å². The van der Waals surface area contributed by atoms with Crippen molar-refractivity contribution in [3.05, 3.63) is 34.7 Å². The van der Waals surface area contributed by atoms with Crippen LogP contribution in [0.2, 0.25) is 0 Å². The smallest absolute Gasteiger partial charge is 0.261 e. The monoisotopic (exact) mass is 359 g/mol. The number of likely N-dealkylation sites (N-methyl/N-ethyl adjacent to an activating group) is 1. The van der Waals surface area contributed by atoms with Crippen LogP contribution in [-0.4, -0.2) is 46.3 Å². The number of aryl methyl sites for hydroxylation is 1. The summed E-state index contributed by atoms with van der Waals surface area (Å²) in [7, 11) is -0.566. The molecule has 2 rings (SSSR count). The van der Waals surface area contributed by atoms with E-state index in [0.717, 1.165) is 5.69 Å². The van der Waals surface area contributed by atoms with Gasteiger partial charge in [0.15, 0.2) is 4.60 Å².